The van der Waals surface area contributed by atoms with Crippen LogP contribution in [-0.4, -0.2) is 26.1 Å². The number of nitrogens with zero attached hydrogens (tertiary/aromatic N) is 3. The zero-order valence-corrected chi connectivity index (χ0v) is 12.7. The fourth-order valence-corrected chi connectivity index (χ4v) is 2.12. The predicted molar refractivity (Wildman–Crippen MR) is 80.5 cm³/mol. The van der Waals surface area contributed by atoms with Gasteiger partial charge in [0.25, 0.3) is 0 Å². The summed E-state index contributed by atoms with van der Waals surface area (Å²) in [6, 6.07) is 5.30. The van der Waals surface area contributed by atoms with Crippen LogP contribution in [0.25, 0.3) is 11.0 Å². The van der Waals surface area contributed by atoms with E-state index in [-0.39, 0.29) is 5.97 Å². The molecule has 6 nitrogen and oxygen atoms in total. The molecule has 0 saturated carbocycles. The van der Waals surface area contributed by atoms with Crippen LogP contribution in [0.1, 0.15) is 37.0 Å². The fourth-order valence-electron chi connectivity index (χ4n) is 2.12. The van der Waals surface area contributed by atoms with Crippen LogP contribution in [0.2, 0.25) is 0 Å². The van der Waals surface area contributed by atoms with Crippen LogP contribution in [-0.2, 0) is 11.3 Å². The van der Waals surface area contributed by atoms with Crippen LogP contribution in [0.5, 0.6) is 0 Å². The van der Waals surface area contributed by atoms with Gasteiger partial charge in [-0.3, -0.25) is 0 Å². The topological polar surface area (TPSA) is 70.2 Å². The molecule has 0 N–H and O–H groups in total. The van der Waals surface area contributed by atoms with Gasteiger partial charge in [-0.1, -0.05) is 0 Å². The van der Waals surface area contributed by atoms with Gasteiger partial charge in [0, 0.05) is 0 Å². The molecule has 114 valence electrons. The van der Waals surface area contributed by atoms with E-state index in [2.05, 4.69) is 9.97 Å². The van der Waals surface area contributed by atoms with Crippen molar-refractivity contribution < 1.29 is 13.9 Å². The van der Waals surface area contributed by atoms with E-state index < -0.39 is 5.60 Å². The Morgan fingerprint density at radius 3 is 2.82 bits per heavy atom. The standard InChI is InChI=1S/C16H17N3O3/c1-16(2,3)22-15(20)11-4-5-12-13(8-11)19(10-18-12)9-14-17-6-7-21-14/h4-8,10H,9H2,1-3H3. The van der Waals surface area contributed by atoms with Crippen LogP contribution in [0.4, 0.5) is 0 Å². The minimum absolute atomic E-state index is 0.349. The van der Waals surface area contributed by atoms with Gasteiger partial charge in [0.1, 0.15) is 18.4 Å². The van der Waals surface area contributed by atoms with Gasteiger partial charge < -0.3 is 13.7 Å². The molecule has 1 aromatic carbocycles. The summed E-state index contributed by atoms with van der Waals surface area (Å²) in [6.07, 6.45) is 4.83. The molecule has 0 unspecified atom stereocenters. The molecule has 0 atom stereocenters. The van der Waals surface area contributed by atoms with Gasteiger partial charge in [0.15, 0.2) is 0 Å². The first-order valence-corrected chi connectivity index (χ1v) is 6.99. The monoisotopic (exact) mass is 299 g/mol. The van der Waals surface area contributed by atoms with Gasteiger partial charge in [-0.25, -0.2) is 14.8 Å². The average Bonchev–Trinajstić information content (AvgIpc) is 3.07. The number of aromatic nitrogens is 3. The van der Waals surface area contributed by atoms with E-state index in [4.69, 9.17) is 9.15 Å². The Morgan fingerprint density at radius 2 is 2.14 bits per heavy atom. The highest BCUT2D eigenvalue weighted by Gasteiger charge is 2.18. The average molecular weight is 299 g/mol. The lowest BCUT2D eigenvalue weighted by Crippen LogP contribution is -2.23. The van der Waals surface area contributed by atoms with Crippen molar-refractivity contribution in [3.63, 3.8) is 0 Å². The smallest absolute Gasteiger partial charge is 0.338 e. The third-order valence-electron chi connectivity index (χ3n) is 3.04. The molecule has 0 amide bonds. The van der Waals surface area contributed by atoms with Gasteiger partial charge in [-0.2, -0.15) is 0 Å². The van der Waals surface area contributed by atoms with E-state index in [9.17, 15) is 4.79 Å². The molecular weight excluding hydrogens is 282 g/mol. The first-order chi connectivity index (χ1) is 10.4. The number of ether oxygens (including phenoxy) is 1. The minimum atomic E-state index is -0.523. The molecule has 6 heteroatoms. The minimum Gasteiger partial charge on any atom is -0.456 e. The number of carbonyl (C=O) groups is 1. The number of hydrogen-bond donors (Lipinski definition) is 0. The number of imidazole rings is 1. The fraction of sp³-hybridized carbons (Fsp3) is 0.312. The Balaban J connectivity index is 1.93. The number of fused-ring (bicyclic) bond motifs is 1. The van der Waals surface area contributed by atoms with Gasteiger partial charge in [-0.05, 0) is 39.0 Å². The summed E-state index contributed by atoms with van der Waals surface area (Å²) < 4.78 is 12.5. The van der Waals surface area contributed by atoms with Crippen molar-refractivity contribution in [3.8, 4) is 0 Å². The van der Waals surface area contributed by atoms with Gasteiger partial charge in [0.05, 0.1) is 29.1 Å². The summed E-state index contributed by atoms with van der Waals surface area (Å²) in [5.41, 5.74) is 1.61. The Bertz CT molecular complexity index is 798. The van der Waals surface area contributed by atoms with Crippen LogP contribution >= 0.6 is 0 Å². The highest BCUT2D eigenvalue weighted by atomic mass is 16.6. The number of hydrogen-bond acceptors (Lipinski definition) is 5. The van der Waals surface area contributed by atoms with Crippen molar-refractivity contribution in [1.29, 1.82) is 0 Å². The zero-order chi connectivity index (χ0) is 15.7. The molecule has 2 heterocycles. The van der Waals surface area contributed by atoms with E-state index in [1.54, 1.807) is 30.7 Å². The summed E-state index contributed by atoms with van der Waals surface area (Å²) in [6.45, 7) is 5.99. The van der Waals surface area contributed by atoms with E-state index in [1.165, 1.54) is 6.26 Å². The van der Waals surface area contributed by atoms with E-state index in [1.807, 2.05) is 25.3 Å². The maximum Gasteiger partial charge on any atom is 0.338 e. The second kappa shape index (κ2) is 5.29. The third-order valence-corrected chi connectivity index (χ3v) is 3.04. The van der Waals surface area contributed by atoms with Crippen LogP contribution in [0.15, 0.2) is 41.4 Å². The lowest BCUT2D eigenvalue weighted by atomic mass is 10.1. The SMILES string of the molecule is CC(C)(C)OC(=O)c1ccc2ncn(Cc3ncco3)c2c1. The van der Waals surface area contributed by atoms with Crippen molar-refractivity contribution in [2.45, 2.75) is 32.9 Å². The quantitative estimate of drug-likeness (QED) is 0.695. The molecule has 0 aliphatic heterocycles. The van der Waals surface area contributed by atoms with Crippen molar-refractivity contribution in [3.05, 3.63) is 48.4 Å². The Morgan fingerprint density at radius 1 is 1.32 bits per heavy atom. The Hall–Kier alpha value is -2.63. The second-order valence-corrected chi connectivity index (χ2v) is 6.00. The number of oxazole rings is 1. The normalized spacial score (nSPS) is 11.8. The highest BCUT2D eigenvalue weighted by molar-refractivity contribution is 5.93. The molecule has 0 bridgehead atoms. The summed E-state index contributed by atoms with van der Waals surface area (Å²) in [7, 11) is 0. The Labute approximate surface area is 127 Å². The lowest BCUT2D eigenvalue weighted by Gasteiger charge is -2.19. The number of esters is 1. The molecule has 3 aromatic rings. The summed E-state index contributed by atoms with van der Waals surface area (Å²) in [5.74, 6) is 0.236. The second-order valence-electron chi connectivity index (χ2n) is 6.00. The third kappa shape index (κ3) is 3.00. The van der Waals surface area contributed by atoms with Crippen molar-refractivity contribution in [2.24, 2.45) is 0 Å². The van der Waals surface area contributed by atoms with E-state index in [0.29, 0.717) is 18.0 Å². The van der Waals surface area contributed by atoms with Gasteiger partial charge in [0.2, 0.25) is 5.89 Å². The molecule has 0 spiro atoms. The molecule has 2 aromatic heterocycles. The summed E-state index contributed by atoms with van der Waals surface area (Å²) in [5, 5.41) is 0. The summed E-state index contributed by atoms with van der Waals surface area (Å²) >= 11 is 0. The maximum absolute atomic E-state index is 12.2. The number of rotatable bonds is 3. The first-order valence-electron chi connectivity index (χ1n) is 6.99. The maximum atomic E-state index is 12.2. The molecule has 0 aliphatic rings. The largest absolute Gasteiger partial charge is 0.456 e. The van der Waals surface area contributed by atoms with Crippen molar-refractivity contribution in [1.82, 2.24) is 14.5 Å². The predicted octanol–water partition coefficient (Wildman–Crippen LogP) is 3.03. The first kappa shape index (κ1) is 14.3. The highest BCUT2D eigenvalue weighted by Crippen LogP contribution is 2.19. The number of benzene rings is 1. The molecule has 0 aliphatic carbocycles. The molecule has 0 saturated heterocycles. The molecule has 3 rings (SSSR count). The molecular formula is C16H17N3O3. The van der Waals surface area contributed by atoms with Crippen LogP contribution in [0, 0.1) is 0 Å². The van der Waals surface area contributed by atoms with Gasteiger partial charge >= 0.3 is 5.97 Å². The Kier molecular flexibility index (Phi) is 3.44. The zero-order valence-electron chi connectivity index (χ0n) is 12.7. The van der Waals surface area contributed by atoms with Crippen molar-refractivity contribution >= 4 is 17.0 Å². The van der Waals surface area contributed by atoms with Crippen molar-refractivity contribution in [2.75, 3.05) is 0 Å². The van der Waals surface area contributed by atoms with Gasteiger partial charge in [-0.15, -0.1) is 0 Å². The molecule has 22 heavy (non-hydrogen) atoms. The number of carbonyl (C=O) groups excluding carboxylic acids is 1. The van der Waals surface area contributed by atoms with Crippen LogP contribution in [0.3, 0.4) is 0 Å². The van der Waals surface area contributed by atoms with E-state index >= 15 is 0 Å². The lowest BCUT2D eigenvalue weighted by molar-refractivity contribution is 0.00697. The summed E-state index contributed by atoms with van der Waals surface area (Å²) in [4.78, 5) is 20.6. The molecule has 0 radical (unpaired) electrons. The molecule has 0 fully saturated rings. The van der Waals surface area contributed by atoms with Crippen LogP contribution < -0.4 is 0 Å². The van der Waals surface area contributed by atoms with E-state index in [0.717, 1.165) is 11.0 Å².